The Morgan fingerprint density at radius 2 is 1.70 bits per heavy atom. The molecule has 0 aliphatic carbocycles. The first-order chi connectivity index (χ1) is 13.1. The van der Waals surface area contributed by atoms with Crippen LogP contribution in [-0.2, 0) is 11.3 Å². The summed E-state index contributed by atoms with van der Waals surface area (Å²) in [7, 11) is 0. The van der Waals surface area contributed by atoms with Gasteiger partial charge in [0.1, 0.15) is 0 Å². The number of amides is 1. The van der Waals surface area contributed by atoms with Crippen LogP contribution >= 0.6 is 0 Å². The predicted octanol–water partition coefficient (Wildman–Crippen LogP) is 3.01. The zero-order valence-corrected chi connectivity index (χ0v) is 15.8. The van der Waals surface area contributed by atoms with E-state index in [2.05, 4.69) is 52.4 Å². The van der Waals surface area contributed by atoms with Gasteiger partial charge in [-0.2, -0.15) is 5.26 Å². The number of anilines is 1. The molecule has 1 N–H and O–H groups in total. The third-order valence-corrected chi connectivity index (χ3v) is 5.07. The molecule has 0 aromatic heterocycles. The molecule has 1 amide bonds. The van der Waals surface area contributed by atoms with Crippen LogP contribution in [0.4, 0.5) is 5.69 Å². The van der Waals surface area contributed by atoms with Crippen molar-refractivity contribution < 1.29 is 4.79 Å². The van der Waals surface area contributed by atoms with Crippen LogP contribution in [0.1, 0.15) is 23.1 Å². The van der Waals surface area contributed by atoms with Gasteiger partial charge in [0.05, 0.1) is 11.6 Å². The van der Waals surface area contributed by atoms with Gasteiger partial charge in [-0.25, -0.2) is 0 Å². The monoisotopic (exact) mass is 362 g/mol. The van der Waals surface area contributed by atoms with Gasteiger partial charge in [-0.1, -0.05) is 24.3 Å². The topological polar surface area (TPSA) is 59.4 Å². The molecule has 0 unspecified atom stereocenters. The van der Waals surface area contributed by atoms with Crippen molar-refractivity contribution >= 4 is 11.6 Å². The third-order valence-electron chi connectivity index (χ3n) is 5.07. The highest BCUT2D eigenvalue weighted by Gasteiger charge is 2.18. The fourth-order valence-electron chi connectivity index (χ4n) is 3.31. The summed E-state index contributed by atoms with van der Waals surface area (Å²) >= 11 is 0. The molecule has 1 aliphatic heterocycles. The fraction of sp³-hybridized carbons (Fsp3) is 0.364. The summed E-state index contributed by atoms with van der Waals surface area (Å²) in [6.07, 6.45) is 0.484. The van der Waals surface area contributed by atoms with Crippen LogP contribution in [0.15, 0.2) is 48.5 Å². The number of nitrogens with zero attached hydrogens (tertiary/aromatic N) is 3. The molecular formula is C22H26N4O. The number of carbonyl (C=O) groups is 1. The van der Waals surface area contributed by atoms with Crippen LogP contribution in [0, 0.1) is 18.3 Å². The lowest BCUT2D eigenvalue weighted by Gasteiger charge is -2.34. The lowest BCUT2D eigenvalue weighted by molar-refractivity contribution is -0.116. The molecular weight excluding hydrogens is 336 g/mol. The SMILES string of the molecule is Cc1ccccc1CN1CCN(CCC(=O)Nc2ccc(C#N)cc2)CC1. The molecule has 0 radical (unpaired) electrons. The Labute approximate surface area is 161 Å². The maximum absolute atomic E-state index is 12.1. The Kier molecular flexibility index (Phi) is 6.59. The van der Waals surface area contributed by atoms with Crippen molar-refractivity contribution in [2.24, 2.45) is 0 Å². The molecule has 2 aromatic rings. The Balaban J connectivity index is 1.38. The van der Waals surface area contributed by atoms with E-state index in [1.165, 1.54) is 11.1 Å². The van der Waals surface area contributed by atoms with E-state index in [9.17, 15) is 4.79 Å². The number of rotatable bonds is 6. The van der Waals surface area contributed by atoms with Gasteiger partial charge in [-0.05, 0) is 42.3 Å². The smallest absolute Gasteiger partial charge is 0.225 e. The number of hydrogen-bond acceptors (Lipinski definition) is 4. The van der Waals surface area contributed by atoms with Crippen molar-refractivity contribution in [1.82, 2.24) is 9.80 Å². The van der Waals surface area contributed by atoms with Crippen molar-refractivity contribution in [3.8, 4) is 6.07 Å². The van der Waals surface area contributed by atoms with Gasteiger partial charge in [0.25, 0.3) is 0 Å². The zero-order valence-electron chi connectivity index (χ0n) is 15.8. The minimum Gasteiger partial charge on any atom is -0.326 e. The number of piperazine rings is 1. The van der Waals surface area contributed by atoms with Crippen molar-refractivity contribution in [1.29, 1.82) is 5.26 Å². The van der Waals surface area contributed by atoms with E-state index < -0.39 is 0 Å². The highest BCUT2D eigenvalue weighted by molar-refractivity contribution is 5.90. The van der Waals surface area contributed by atoms with Crippen molar-refractivity contribution in [3.63, 3.8) is 0 Å². The zero-order chi connectivity index (χ0) is 19.1. The average Bonchev–Trinajstić information content (AvgIpc) is 2.70. The highest BCUT2D eigenvalue weighted by Crippen LogP contribution is 2.13. The van der Waals surface area contributed by atoms with E-state index >= 15 is 0 Å². The van der Waals surface area contributed by atoms with Gasteiger partial charge in [0, 0.05) is 51.4 Å². The van der Waals surface area contributed by atoms with E-state index in [1.807, 2.05) is 0 Å². The molecule has 3 rings (SSSR count). The highest BCUT2D eigenvalue weighted by atomic mass is 16.1. The molecule has 1 aliphatic rings. The minimum atomic E-state index is 0.0158. The molecule has 0 spiro atoms. The maximum atomic E-state index is 12.1. The first-order valence-corrected chi connectivity index (χ1v) is 9.43. The molecule has 5 heteroatoms. The van der Waals surface area contributed by atoms with E-state index in [4.69, 9.17) is 5.26 Å². The lowest BCUT2D eigenvalue weighted by atomic mass is 10.1. The standard InChI is InChI=1S/C22H26N4O/c1-18-4-2-3-5-20(18)17-26-14-12-25(13-15-26)11-10-22(27)24-21-8-6-19(16-23)7-9-21/h2-9H,10-15,17H2,1H3,(H,24,27). The second-order valence-corrected chi connectivity index (χ2v) is 7.03. The summed E-state index contributed by atoms with van der Waals surface area (Å²) in [4.78, 5) is 17.0. The molecule has 1 saturated heterocycles. The minimum absolute atomic E-state index is 0.0158. The molecule has 0 atom stereocenters. The summed E-state index contributed by atoms with van der Waals surface area (Å²) in [6, 6.07) is 17.6. The van der Waals surface area contributed by atoms with Crippen molar-refractivity contribution in [2.75, 3.05) is 38.0 Å². The first-order valence-electron chi connectivity index (χ1n) is 9.43. The first kappa shape index (κ1) is 19.1. The van der Waals surface area contributed by atoms with Crippen LogP contribution in [0.3, 0.4) is 0 Å². The summed E-state index contributed by atoms with van der Waals surface area (Å²) in [5.41, 5.74) is 4.07. The van der Waals surface area contributed by atoms with Crippen molar-refractivity contribution in [2.45, 2.75) is 19.9 Å². The largest absolute Gasteiger partial charge is 0.326 e. The van der Waals surface area contributed by atoms with Gasteiger partial charge in [0.15, 0.2) is 0 Å². The van der Waals surface area contributed by atoms with Crippen LogP contribution in [-0.4, -0.2) is 48.4 Å². The van der Waals surface area contributed by atoms with E-state index in [0.717, 1.165) is 45.0 Å². The van der Waals surface area contributed by atoms with Gasteiger partial charge >= 0.3 is 0 Å². The van der Waals surface area contributed by atoms with E-state index in [1.54, 1.807) is 24.3 Å². The molecule has 5 nitrogen and oxygen atoms in total. The molecule has 2 aromatic carbocycles. The summed E-state index contributed by atoms with van der Waals surface area (Å²) in [5, 5.41) is 11.7. The Morgan fingerprint density at radius 3 is 2.37 bits per heavy atom. The Morgan fingerprint density at radius 1 is 1.04 bits per heavy atom. The van der Waals surface area contributed by atoms with Gasteiger partial charge in [0.2, 0.25) is 5.91 Å². The third kappa shape index (κ3) is 5.65. The Bertz CT molecular complexity index is 802. The molecule has 140 valence electrons. The van der Waals surface area contributed by atoms with Gasteiger partial charge in [-0.3, -0.25) is 9.69 Å². The molecule has 0 bridgehead atoms. The second-order valence-electron chi connectivity index (χ2n) is 7.03. The van der Waals surface area contributed by atoms with Crippen LogP contribution < -0.4 is 5.32 Å². The van der Waals surface area contributed by atoms with Gasteiger partial charge in [-0.15, -0.1) is 0 Å². The fourth-order valence-corrected chi connectivity index (χ4v) is 3.31. The van der Waals surface area contributed by atoms with E-state index in [-0.39, 0.29) is 5.91 Å². The number of carbonyl (C=O) groups excluding carboxylic acids is 1. The number of aryl methyl sites for hydroxylation is 1. The molecule has 1 heterocycles. The number of nitriles is 1. The predicted molar refractivity (Wildman–Crippen MR) is 107 cm³/mol. The summed E-state index contributed by atoms with van der Waals surface area (Å²) in [5.74, 6) is 0.0158. The maximum Gasteiger partial charge on any atom is 0.225 e. The number of nitrogens with one attached hydrogen (secondary N) is 1. The second kappa shape index (κ2) is 9.31. The molecule has 27 heavy (non-hydrogen) atoms. The molecule has 0 saturated carbocycles. The molecule has 1 fully saturated rings. The summed E-state index contributed by atoms with van der Waals surface area (Å²) in [6.45, 7) is 8.00. The Hall–Kier alpha value is -2.68. The van der Waals surface area contributed by atoms with E-state index in [0.29, 0.717) is 12.0 Å². The normalized spacial score (nSPS) is 15.3. The number of benzene rings is 2. The average molecular weight is 362 g/mol. The quantitative estimate of drug-likeness (QED) is 0.858. The van der Waals surface area contributed by atoms with Gasteiger partial charge < -0.3 is 10.2 Å². The van der Waals surface area contributed by atoms with Crippen molar-refractivity contribution in [3.05, 3.63) is 65.2 Å². The van der Waals surface area contributed by atoms with Crippen LogP contribution in [0.5, 0.6) is 0 Å². The van der Waals surface area contributed by atoms with Crippen LogP contribution in [0.2, 0.25) is 0 Å². The number of hydrogen-bond donors (Lipinski definition) is 1. The summed E-state index contributed by atoms with van der Waals surface area (Å²) < 4.78 is 0. The van der Waals surface area contributed by atoms with Crippen LogP contribution in [0.25, 0.3) is 0 Å². The lowest BCUT2D eigenvalue weighted by Crippen LogP contribution is -2.46.